The Hall–Kier alpha value is -1.87. The van der Waals surface area contributed by atoms with E-state index in [1.54, 1.807) is 18.3 Å². The summed E-state index contributed by atoms with van der Waals surface area (Å²) in [7, 11) is 0. The Balaban J connectivity index is 1.84. The fourth-order valence-corrected chi connectivity index (χ4v) is 1.88. The van der Waals surface area contributed by atoms with E-state index in [0.717, 1.165) is 17.7 Å². The molecule has 0 aliphatic heterocycles. The maximum Gasteiger partial charge on any atom is 0.251 e. The summed E-state index contributed by atoms with van der Waals surface area (Å²) in [6.45, 7) is 0.576. The van der Waals surface area contributed by atoms with Crippen LogP contribution in [-0.2, 0) is 12.3 Å². The molecule has 0 atom stereocenters. The van der Waals surface area contributed by atoms with Gasteiger partial charge in [-0.1, -0.05) is 18.2 Å². The second-order valence-corrected chi connectivity index (χ2v) is 4.42. The summed E-state index contributed by atoms with van der Waals surface area (Å²) in [5, 5.41) is 2.87. The number of carbonyl (C=O) groups is 1. The normalized spacial score (nSPS) is 10.2. The fraction of sp³-hybridized carbons (Fsp3) is 0.200. The van der Waals surface area contributed by atoms with Crippen LogP contribution < -0.4 is 5.32 Å². The predicted octanol–water partition coefficient (Wildman–Crippen LogP) is 2.79. The molecule has 1 heterocycles. The van der Waals surface area contributed by atoms with E-state index in [4.69, 9.17) is 11.6 Å². The summed E-state index contributed by atoms with van der Waals surface area (Å²) >= 11 is 5.70. The number of nitrogens with zero attached hydrogens (tertiary/aromatic N) is 1. The lowest BCUT2D eigenvalue weighted by atomic mass is 10.1. The van der Waals surface area contributed by atoms with Crippen LogP contribution in [0.25, 0.3) is 0 Å². The van der Waals surface area contributed by atoms with Gasteiger partial charge in [-0.3, -0.25) is 9.78 Å². The molecule has 0 fully saturated rings. The first-order chi connectivity index (χ1) is 9.29. The summed E-state index contributed by atoms with van der Waals surface area (Å²) in [5.74, 6) is 0.388. The molecular formula is C15H15ClN2O. The molecule has 0 radical (unpaired) electrons. The van der Waals surface area contributed by atoms with Gasteiger partial charge in [-0.15, -0.1) is 11.6 Å². The minimum Gasteiger partial charge on any atom is -0.352 e. The maximum absolute atomic E-state index is 11.9. The number of alkyl halides is 1. The van der Waals surface area contributed by atoms with Gasteiger partial charge in [0.1, 0.15) is 0 Å². The molecule has 3 nitrogen and oxygen atoms in total. The summed E-state index contributed by atoms with van der Waals surface area (Å²) in [6.07, 6.45) is 2.48. The molecular weight excluding hydrogens is 260 g/mol. The van der Waals surface area contributed by atoms with Crippen LogP contribution in [0.5, 0.6) is 0 Å². The van der Waals surface area contributed by atoms with Crippen molar-refractivity contribution in [1.29, 1.82) is 0 Å². The van der Waals surface area contributed by atoms with E-state index in [-0.39, 0.29) is 5.91 Å². The molecule has 19 heavy (non-hydrogen) atoms. The summed E-state index contributed by atoms with van der Waals surface area (Å²) in [4.78, 5) is 16.1. The van der Waals surface area contributed by atoms with Gasteiger partial charge < -0.3 is 5.32 Å². The number of hydrogen-bond acceptors (Lipinski definition) is 2. The standard InChI is InChI=1S/C15H15ClN2O/c16-11-12-4-6-13(7-5-12)15(19)18-10-8-14-3-1-2-9-17-14/h1-7,9H,8,10-11H2,(H,18,19). The molecule has 0 bridgehead atoms. The average molecular weight is 275 g/mol. The molecule has 0 unspecified atom stereocenters. The highest BCUT2D eigenvalue weighted by Crippen LogP contribution is 2.06. The van der Waals surface area contributed by atoms with Crippen LogP contribution in [0.3, 0.4) is 0 Å². The third kappa shape index (κ3) is 4.07. The Bertz CT molecular complexity index is 526. The Morgan fingerprint density at radius 3 is 2.58 bits per heavy atom. The summed E-state index contributed by atoms with van der Waals surface area (Å²) < 4.78 is 0. The van der Waals surface area contributed by atoms with Crippen LogP contribution in [0, 0.1) is 0 Å². The van der Waals surface area contributed by atoms with Crippen molar-refractivity contribution in [1.82, 2.24) is 10.3 Å². The van der Waals surface area contributed by atoms with E-state index in [9.17, 15) is 4.79 Å². The molecule has 1 aromatic carbocycles. The van der Waals surface area contributed by atoms with E-state index in [0.29, 0.717) is 18.0 Å². The smallest absolute Gasteiger partial charge is 0.251 e. The fourth-order valence-electron chi connectivity index (χ4n) is 1.70. The van der Waals surface area contributed by atoms with Crippen molar-refractivity contribution in [3.8, 4) is 0 Å². The van der Waals surface area contributed by atoms with Gasteiger partial charge in [0, 0.05) is 36.3 Å². The topological polar surface area (TPSA) is 42.0 Å². The number of nitrogens with one attached hydrogen (secondary N) is 1. The molecule has 0 saturated heterocycles. The molecule has 2 rings (SSSR count). The summed E-state index contributed by atoms with van der Waals surface area (Å²) in [6, 6.07) is 13.1. The zero-order valence-corrected chi connectivity index (χ0v) is 11.2. The molecule has 1 amide bonds. The number of carbonyl (C=O) groups excluding carboxylic acids is 1. The third-order valence-electron chi connectivity index (χ3n) is 2.76. The van der Waals surface area contributed by atoms with E-state index in [1.807, 2.05) is 30.3 Å². The van der Waals surface area contributed by atoms with E-state index in [2.05, 4.69) is 10.3 Å². The number of rotatable bonds is 5. The van der Waals surface area contributed by atoms with Crippen LogP contribution in [-0.4, -0.2) is 17.4 Å². The Labute approximate surface area is 117 Å². The van der Waals surface area contributed by atoms with Gasteiger partial charge in [0.2, 0.25) is 0 Å². The highest BCUT2D eigenvalue weighted by Gasteiger charge is 2.04. The second-order valence-electron chi connectivity index (χ2n) is 4.16. The zero-order valence-electron chi connectivity index (χ0n) is 10.5. The van der Waals surface area contributed by atoms with Crippen LogP contribution >= 0.6 is 11.6 Å². The van der Waals surface area contributed by atoms with Gasteiger partial charge in [-0.2, -0.15) is 0 Å². The van der Waals surface area contributed by atoms with Crippen LogP contribution in [0.1, 0.15) is 21.6 Å². The van der Waals surface area contributed by atoms with Crippen molar-refractivity contribution in [3.63, 3.8) is 0 Å². The molecule has 98 valence electrons. The molecule has 4 heteroatoms. The largest absolute Gasteiger partial charge is 0.352 e. The first-order valence-electron chi connectivity index (χ1n) is 6.12. The van der Waals surface area contributed by atoms with Gasteiger partial charge in [-0.05, 0) is 29.8 Å². The van der Waals surface area contributed by atoms with Gasteiger partial charge in [-0.25, -0.2) is 0 Å². The molecule has 0 saturated carbocycles. The molecule has 0 spiro atoms. The zero-order chi connectivity index (χ0) is 13.5. The van der Waals surface area contributed by atoms with Gasteiger partial charge >= 0.3 is 0 Å². The highest BCUT2D eigenvalue weighted by molar-refractivity contribution is 6.17. The molecule has 2 aromatic rings. The van der Waals surface area contributed by atoms with Crippen molar-refractivity contribution >= 4 is 17.5 Å². The van der Waals surface area contributed by atoms with Crippen LogP contribution in [0.4, 0.5) is 0 Å². The van der Waals surface area contributed by atoms with E-state index >= 15 is 0 Å². The Morgan fingerprint density at radius 1 is 1.16 bits per heavy atom. The number of halogens is 1. The number of hydrogen-bond donors (Lipinski definition) is 1. The lowest BCUT2D eigenvalue weighted by Crippen LogP contribution is -2.25. The van der Waals surface area contributed by atoms with Crippen LogP contribution in [0.2, 0.25) is 0 Å². The molecule has 1 N–H and O–H groups in total. The van der Waals surface area contributed by atoms with Crippen molar-refractivity contribution in [2.75, 3.05) is 6.54 Å². The molecule has 0 aliphatic carbocycles. The van der Waals surface area contributed by atoms with E-state index < -0.39 is 0 Å². The number of benzene rings is 1. The first kappa shape index (κ1) is 13.6. The highest BCUT2D eigenvalue weighted by atomic mass is 35.5. The Kier molecular flexibility index (Phi) is 4.93. The van der Waals surface area contributed by atoms with Crippen molar-refractivity contribution in [2.45, 2.75) is 12.3 Å². The Morgan fingerprint density at radius 2 is 1.95 bits per heavy atom. The van der Waals surface area contributed by atoms with E-state index in [1.165, 1.54) is 0 Å². The quantitative estimate of drug-likeness (QED) is 0.852. The van der Waals surface area contributed by atoms with Gasteiger partial charge in [0.25, 0.3) is 5.91 Å². The third-order valence-corrected chi connectivity index (χ3v) is 3.07. The average Bonchev–Trinajstić information content (AvgIpc) is 2.48. The number of pyridine rings is 1. The SMILES string of the molecule is O=C(NCCc1ccccn1)c1ccc(CCl)cc1. The van der Waals surface area contributed by atoms with Gasteiger partial charge in [0.05, 0.1) is 0 Å². The second kappa shape index (κ2) is 6.90. The van der Waals surface area contributed by atoms with Crippen molar-refractivity contribution < 1.29 is 4.79 Å². The van der Waals surface area contributed by atoms with Crippen molar-refractivity contribution in [2.24, 2.45) is 0 Å². The first-order valence-corrected chi connectivity index (χ1v) is 6.66. The minimum atomic E-state index is -0.0722. The lowest BCUT2D eigenvalue weighted by molar-refractivity contribution is 0.0954. The maximum atomic E-state index is 11.9. The lowest BCUT2D eigenvalue weighted by Gasteiger charge is -2.05. The molecule has 0 aliphatic rings. The van der Waals surface area contributed by atoms with Gasteiger partial charge in [0.15, 0.2) is 0 Å². The predicted molar refractivity (Wildman–Crippen MR) is 76.3 cm³/mol. The summed E-state index contributed by atoms with van der Waals surface area (Å²) in [5.41, 5.74) is 2.63. The monoisotopic (exact) mass is 274 g/mol. The molecule has 1 aromatic heterocycles. The van der Waals surface area contributed by atoms with Crippen molar-refractivity contribution in [3.05, 3.63) is 65.5 Å². The number of aromatic nitrogens is 1. The minimum absolute atomic E-state index is 0.0722. The number of amides is 1. The van der Waals surface area contributed by atoms with Crippen LogP contribution in [0.15, 0.2) is 48.7 Å².